The molecule has 1 unspecified atom stereocenters. The van der Waals surface area contributed by atoms with Crippen LogP contribution in [-0.2, 0) is 9.53 Å². The Kier molecular flexibility index (Phi) is 5.44. The summed E-state index contributed by atoms with van der Waals surface area (Å²) < 4.78 is 4.79. The van der Waals surface area contributed by atoms with Crippen LogP contribution in [0.3, 0.4) is 0 Å². The lowest BCUT2D eigenvalue weighted by Gasteiger charge is -2.24. The molecule has 6 heteroatoms. The summed E-state index contributed by atoms with van der Waals surface area (Å²) >= 11 is 0. The van der Waals surface area contributed by atoms with E-state index in [0.717, 1.165) is 0 Å². The van der Waals surface area contributed by atoms with Crippen molar-refractivity contribution in [1.29, 1.82) is 0 Å². The van der Waals surface area contributed by atoms with Crippen LogP contribution in [-0.4, -0.2) is 29.1 Å². The molecule has 6 nitrogen and oxygen atoms in total. The van der Waals surface area contributed by atoms with Gasteiger partial charge in [0.15, 0.2) is 0 Å². The number of H-pyrrole nitrogens is 1. The number of aromatic nitrogens is 2. The number of aryl methyl sites for hydroxylation is 2. The van der Waals surface area contributed by atoms with Gasteiger partial charge >= 0.3 is 5.97 Å². The van der Waals surface area contributed by atoms with Gasteiger partial charge in [0.1, 0.15) is 11.9 Å². The second-order valence-corrected chi connectivity index (χ2v) is 5.28. The molecule has 0 saturated carbocycles. The van der Waals surface area contributed by atoms with Crippen LogP contribution < -0.4 is 10.9 Å². The summed E-state index contributed by atoms with van der Waals surface area (Å²) in [6.45, 7) is 9.21. The summed E-state index contributed by atoms with van der Waals surface area (Å²) in [4.78, 5) is 30.7. The highest BCUT2D eigenvalue weighted by atomic mass is 16.5. The van der Waals surface area contributed by atoms with Gasteiger partial charge in [-0.1, -0.05) is 13.8 Å². The van der Waals surface area contributed by atoms with Crippen molar-refractivity contribution in [2.45, 2.75) is 46.7 Å². The Morgan fingerprint density at radius 3 is 2.35 bits per heavy atom. The maximum absolute atomic E-state index is 12.0. The number of carbonyl (C=O) groups excluding carboxylic acids is 1. The molecule has 0 saturated heterocycles. The Bertz CT molecular complexity index is 537. The molecule has 0 aromatic carbocycles. The van der Waals surface area contributed by atoms with Gasteiger partial charge in [-0.25, -0.2) is 4.98 Å². The first kappa shape index (κ1) is 16.4. The Morgan fingerprint density at radius 2 is 1.90 bits per heavy atom. The Labute approximate surface area is 119 Å². The van der Waals surface area contributed by atoms with Crippen LogP contribution in [0.1, 0.15) is 43.9 Å². The second kappa shape index (κ2) is 6.65. The molecule has 1 aromatic rings. The summed E-state index contributed by atoms with van der Waals surface area (Å²) in [5.41, 5.74) is 1.03. The van der Waals surface area contributed by atoms with Gasteiger partial charge in [-0.15, -0.1) is 0 Å². The molecule has 1 aromatic heterocycles. The second-order valence-electron chi connectivity index (χ2n) is 5.28. The maximum Gasteiger partial charge on any atom is 0.323 e. The van der Waals surface area contributed by atoms with Gasteiger partial charge in [0.05, 0.1) is 12.7 Å². The molecular weight excluding hydrogens is 258 g/mol. The van der Waals surface area contributed by atoms with Gasteiger partial charge < -0.3 is 9.72 Å². The third-order valence-electron chi connectivity index (χ3n) is 3.25. The molecule has 20 heavy (non-hydrogen) atoms. The largest absolute Gasteiger partial charge is 0.468 e. The monoisotopic (exact) mass is 281 g/mol. The summed E-state index contributed by atoms with van der Waals surface area (Å²) in [5.74, 6) is 0.306. The molecule has 0 bridgehead atoms. The van der Waals surface area contributed by atoms with E-state index in [4.69, 9.17) is 4.74 Å². The van der Waals surface area contributed by atoms with E-state index in [1.807, 2.05) is 20.8 Å². The molecular formula is C14H23N3O3. The molecule has 112 valence electrons. The highest BCUT2D eigenvalue weighted by molar-refractivity contribution is 5.76. The lowest BCUT2D eigenvalue weighted by molar-refractivity contribution is -0.144. The fourth-order valence-electron chi connectivity index (χ4n) is 2.26. The first-order valence-corrected chi connectivity index (χ1v) is 6.69. The van der Waals surface area contributed by atoms with Crippen molar-refractivity contribution in [3.63, 3.8) is 0 Å². The predicted molar refractivity (Wildman–Crippen MR) is 76.5 cm³/mol. The van der Waals surface area contributed by atoms with Gasteiger partial charge in [0.2, 0.25) is 0 Å². The van der Waals surface area contributed by atoms with E-state index in [2.05, 4.69) is 15.3 Å². The van der Waals surface area contributed by atoms with Gasteiger partial charge in [-0.05, 0) is 26.7 Å². The zero-order valence-corrected chi connectivity index (χ0v) is 12.9. The van der Waals surface area contributed by atoms with E-state index in [-0.39, 0.29) is 23.5 Å². The van der Waals surface area contributed by atoms with E-state index < -0.39 is 6.04 Å². The first-order chi connectivity index (χ1) is 9.27. The van der Waals surface area contributed by atoms with Crippen LogP contribution in [0.15, 0.2) is 4.79 Å². The standard InChI is InChI=1S/C14H23N3O3/c1-7(2)12(14(19)20-6)16-9(4)11-8(3)15-10(5)17-13(11)18/h7,9,12,16H,1-6H3,(H,15,17,18)/t9?,12-/m0/s1. The van der Waals surface area contributed by atoms with Gasteiger partial charge in [0, 0.05) is 11.7 Å². The lowest BCUT2D eigenvalue weighted by atomic mass is 10.0. The number of carbonyl (C=O) groups is 1. The number of hydrogen-bond acceptors (Lipinski definition) is 5. The number of hydrogen-bond donors (Lipinski definition) is 2. The summed E-state index contributed by atoms with van der Waals surface area (Å²) in [6.07, 6.45) is 0. The minimum Gasteiger partial charge on any atom is -0.468 e. The average Bonchev–Trinajstić information content (AvgIpc) is 2.33. The zero-order valence-electron chi connectivity index (χ0n) is 12.9. The maximum atomic E-state index is 12.0. The molecule has 0 aliphatic heterocycles. The number of methoxy groups -OCH3 is 1. The van der Waals surface area contributed by atoms with Gasteiger partial charge in [0.25, 0.3) is 5.56 Å². The number of rotatable bonds is 5. The highest BCUT2D eigenvalue weighted by Gasteiger charge is 2.26. The molecule has 1 heterocycles. The number of aromatic amines is 1. The quantitative estimate of drug-likeness (QED) is 0.793. The predicted octanol–water partition coefficient (Wildman–Crippen LogP) is 1.23. The third kappa shape index (κ3) is 3.66. The van der Waals surface area contributed by atoms with E-state index in [1.54, 1.807) is 13.8 Å². The van der Waals surface area contributed by atoms with E-state index in [9.17, 15) is 9.59 Å². The van der Waals surface area contributed by atoms with Crippen molar-refractivity contribution >= 4 is 5.97 Å². The first-order valence-electron chi connectivity index (χ1n) is 6.69. The van der Waals surface area contributed by atoms with Crippen LogP contribution in [0, 0.1) is 19.8 Å². The molecule has 2 N–H and O–H groups in total. The topological polar surface area (TPSA) is 84.1 Å². The van der Waals surface area contributed by atoms with E-state index in [1.165, 1.54) is 7.11 Å². The lowest BCUT2D eigenvalue weighted by Crippen LogP contribution is -2.44. The van der Waals surface area contributed by atoms with Crippen LogP contribution in [0.4, 0.5) is 0 Å². The van der Waals surface area contributed by atoms with E-state index in [0.29, 0.717) is 17.1 Å². The van der Waals surface area contributed by atoms with Crippen LogP contribution in [0.5, 0.6) is 0 Å². The highest BCUT2D eigenvalue weighted by Crippen LogP contribution is 2.15. The number of ether oxygens (including phenoxy) is 1. The molecule has 0 spiro atoms. The minimum atomic E-state index is -0.463. The summed E-state index contributed by atoms with van der Waals surface area (Å²) in [7, 11) is 1.36. The molecule has 0 aliphatic rings. The SMILES string of the molecule is COC(=O)[C@@H](NC(C)c1c(C)nc(C)[nH]c1=O)C(C)C. The minimum absolute atomic E-state index is 0.0581. The van der Waals surface area contributed by atoms with Crippen molar-refractivity contribution in [2.75, 3.05) is 7.11 Å². The third-order valence-corrected chi connectivity index (χ3v) is 3.25. The van der Waals surface area contributed by atoms with Crippen molar-refractivity contribution in [3.8, 4) is 0 Å². The Morgan fingerprint density at radius 1 is 1.30 bits per heavy atom. The van der Waals surface area contributed by atoms with Crippen molar-refractivity contribution in [3.05, 3.63) is 27.4 Å². The van der Waals surface area contributed by atoms with Crippen LogP contribution in [0.25, 0.3) is 0 Å². The molecule has 1 rings (SSSR count). The van der Waals surface area contributed by atoms with Crippen molar-refractivity contribution in [1.82, 2.24) is 15.3 Å². The van der Waals surface area contributed by atoms with Crippen molar-refractivity contribution < 1.29 is 9.53 Å². The molecule has 0 amide bonds. The molecule has 0 radical (unpaired) electrons. The fourth-order valence-corrected chi connectivity index (χ4v) is 2.26. The zero-order chi connectivity index (χ0) is 15.4. The molecule has 0 fully saturated rings. The number of nitrogens with zero attached hydrogens (tertiary/aromatic N) is 1. The Balaban J connectivity index is 3.04. The number of esters is 1. The molecule has 0 aliphatic carbocycles. The molecule has 2 atom stereocenters. The Hall–Kier alpha value is -1.69. The van der Waals surface area contributed by atoms with Gasteiger partial charge in [-0.2, -0.15) is 0 Å². The normalized spacial score (nSPS) is 14.2. The van der Waals surface area contributed by atoms with E-state index >= 15 is 0 Å². The number of nitrogens with one attached hydrogen (secondary N) is 2. The van der Waals surface area contributed by atoms with Crippen LogP contribution in [0.2, 0.25) is 0 Å². The van der Waals surface area contributed by atoms with Crippen LogP contribution >= 0.6 is 0 Å². The van der Waals surface area contributed by atoms with Gasteiger partial charge in [-0.3, -0.25) is 14.9 Å². The van der Waals surface area contributed by atoms with Crippen molar-refractivity contribution in [2.24, 2.45) is 5.92 Å². The fraction of sp³-hybridized carbons (Fsp3) is 0.643. The smallest absolute Gasteiger partial charge is 0.323 e. The summed E-state index contributed by atoms with van der Waals surface area (Å²) in [5, 5.41) is 3.15. The average molecular weight is 281 g/mol. The summed E-state index contributed by atoms with van der Waals surface area (Å²) in [6, 6.07) is -0.756.